The molecule has 234 valence electrons. The molecule has 0 aliphatic rings. The predicted octanol–water partition coefficient (Wildman–Crippen LogP) is 10.8. The van der Waals surface area contributed by atoms with Gasteiger partial charge in [0.1, 0.15) is 0 Å². The van der Waals surface area contributed by atoms with E-state index < -0.39 is 0 Å². The van der Waals surface area contributed by atoms with Crippen LogP contribution >= 0.6 is 11.3 Å². The molecule has 0 bridgehead atoms. The number of hydrogen-bond donors (Lipinski definition) is 0. The lowest BCUT2D eigenvalue weighted by molar-refractivity contribution is 1.07. The maximum atomic E-state index is 5.31. The molecule has 0 unspecified atom stereocenters. The molecule has 7 heteroatoms. The zero-order valence-corrected chi connectivity index (χ0v) is 27.4. The van der Waals surface area contributed by atoms with Crippen LogP contribution in [0.15, 0.2) is 158 Å². The first-order chi connectivity index (χ1) is 24.8. The Bertz CT molecular complexity index is 2750. The van der Waals surface area contributed by atoms with Gasteiger partial charge in [0, 0.05) is 43.1 Å². The van der Waals surface area contributed by atoms with Gasteiger partial charge in [0.05, 0.1) is 21.3 Å². The summed E-state index contributed by atoms with van der Waals surface area (Å²) in [6, 6.07) is 53.9. The Hall–Kier alpha value is -6.57. The van der Waals surface area contributed by atoms with Crippen LogP contribution in [-0.4, -0.2) is 29.5 Å². The monoisotopic (exact) mass is 658 g/mol. The van der Waals surface area contributed by atoms with Crippen molar-refractivity contribution in [1.29, 1.82) is 0 Å². The standard InChI is InChI=1S/C43H26N6S/c1-4-14-27(15-5-1)39-44-37-33-26-30(42-46-40(28-16-6-2-7-17-28)45-41(47-42)29-18-8-3-9-19-29)24-25-36(33)50-38(37)43(48-39)49-34-22-12-10-20-31(34)32-21-11-13-23-35(32)49/h1-26H. The summed E-state index contributed by atoms with van der Waals surface area (Å²) in [6.07, 6.45) is 0. The van der Waals surface area contributed by atoms with E-state index in [2.05, 4.69) is 83.4 Å². The number of aromatic nitrogens is 6. The molecule has 0 spiro atoms. The Morgan fingerprint density at radius 3 is 1.38 bits per heavy atom. The van der Waals surface area contributed by atoms with Crippen molar-refractivity contribution in [3.05, 3.63) is 158 Å². The Labute approximate surface area is 291 Å². The molecule has 6 nitrogen and oxygen atoms in total. The van der Waals surface area contributed by atoms with Crippen molar-refractivity contribution in [1.82, 2.24) is 29.5 Å². The van der Waals surface area contributed by atoms with Gasteiger partial charge in [0.2, 0.25) is 0 Å². The maximum Gasteiger partial charge on any atom is 0.164 e. The van der Waals surface area contributed by atoms with Gasteiger partial charge in [0.25, 0.3) is 0 Å². The molecule has 4 aromatic heterocycles. The van der Waals surface area contributed by atoms with Crippen molar-refractivity contribution in [3.8, 4) is 51.4 Å². The van der Waals surface area contributed by atoms with Crippen LogP contribution < -0.4 is 0 Å². The summed E-state index contributed by atoms with van der Waals surface area (Å²) in [7, 11) is 0. The fraction of sp³-hybridized carbons (Fsp3) is 0. The highest BCUT2D eigenvalue weighted by molar-refractivity contribution is 7.26. The lowest BCUT2D eigenvalue weighted by Crippen LogP contribution is -2.01. The van der Waals surface area contributed by atoms with Crippen molar-refractivity contribution in [2.24, 2.45) is 0 Å². The zero-order chi connectivity index (χ0) is 33.0. The molecule has 10 rings (SSSR count). The van der Waals surface area contributed by atoms with E-state index in [-0.39, 0.29) is 0 Å². The van der Waals surface area contributed by atoms with Crippen LogP contribution in [-0.2, 0) is 0 Å². The summed E-state index contributed by atoms with van der Waals surface area (Å²) < 4.78 is 4.43. The normalized spacial score (nSPS) is 11.6. The van der Waals surface area contributed by atoms with Crippen LogP contribution in [0, 0.1) is 0 Å². The summed E-state index contributed by atoms with van der Waals surface area (Å²) in [6.45, 7) is 0. The van der Waals surface area contributed by atoms with E-state index in [1.807, 2.05) is 78.9 Å². The van der Waals surface area contributed by atoms with E-state index in [4.69, 9.17) is 24.9 Å². The second-order valence-electron chi connectivity index (χ2n) is 12.1. The Kier molecular flexibility index (Phi) is 6.57. The molecule has 0 atom stereocenters. The Morgan fingerprint density at radius 2 is 0.840 bits per heavy atom. The van der Waals surface area contributed by atoms with E-state index in [1.165, 1.54) is 10.8 Å². The van der Waals surface area contributed by atoms with Crippen LogP contribution in [0.25, 0.3) is 93.5 Å². The first kappa shape index (κ1) is 28.4. The molecule has 4 heterocycles. The average Bonchev–Trinajstić information content (AvgIpc) is 3.74. The van der Waals surface area contributed by atoms with Crippen LogP contribution in [0.4, 0.5) is 0 Å². The lowest BCUT2D eigenvalue weighted by Gasteiger charge is -2.11. The maximum absolute atomic E-state index is 5.31. The van der Waals surface area contributed by atoms with Gasteiger partial charge in [-0.3, -0.25) is 4.57 Å². The number of hydrogen-bond acceptors (Lipinski definition) is 6. The first-order valence-electron chi connectivity index (χ1n) is 16.4. The molecule has 50 heavy (non-hydrogen) atoms. The van der Waals surface area contributed by atoms with Crippen LogP contribution in [0.5, 0.6) is 0 Å². The van der Waals surface area contributed by atoms with E-state index in [9.17, 15) is 0 Å². The number of benzene rings is 6. The van der Waals surface area contributed by atoms with Gasteiger partial charge in [0.15, 0.2) is 29.1 Å². The van der Waals surface area contributed by atoms with E-state index in [1.54, 1.807) is 11.3 Å². The van der Waals surface area contributed by atoms with Gasteiger partial charge in [-0.2, -0.15) is 0 Å². The highest BCUT2D eigenvalue weighted by Crippen LogP contribution is 2.41. The van der Waals surface area contributed by atoms with Gasteiger partial charge >= 0.3 is 0 Å². The van der Waals surface area contributed by atoms with Gasteiger partial charge < -0.3 is 0 Å². The SMILES string of the molecule is c1ccc(-c2nc(-c3ccccc3)nc(-c3ccc4sc5c(-n6c7ccccc7c7ccccc76)nc(-c6ccccc6)nc5c4c3)n2)cc1. The Morgan fingerprint density at radius 1 is 0.380 bits per heavy atom. The van der Waals surface area contributed by atoms with Crippen molar-refractivity contribution >= 4 is 53.4 Å². The van der Waals surface area contributed by atoms with Crippen molar-refractivity contribution in [2.75, 3.05) is 0 Å². The molecule has 0 aliphatic carbocycles. The highest BCUT2D eigenvalue weighted by atomic mass is 32.1. The molecule has 0 radical (unpaired) electrons. The number of thiophene rings is 1. The highest BCUT2D eigenvalue weighted by Gasteiger charge is 2.21. The van der Waals surface area contributed by atoms with Gasteiger partial charge in [-0.25, -0.2) is 24.9 Å². The molecular weight excluding hydrogens is 633 g/mol. The minimum atomic E-state index is 0.610. The third kappa shape index (κ3) is 4.67. The number of fused-ring (bicyclic) bond motifs is 6. The molecule has 0 fully saturated rings. The first-order valence-corrected chi connectivity index (χ1v) is 17.3. The number of para-hydroxylation sites is 2. The van der Waals surface area contributed by atoms with E-state index >= 15 is 0 Å². The van der Waals surface area contributed by atoms with Crippen molar-refractivity contribution in [2.45, 2.75) is 0 Å². The second kappa shape index (κ2) is 11.5. The third-order valence-electron chi connectivity index (χ3n) is 9.08. The van der Waals surface area contributed by atoms with Gasteiger partial charge in [-0.05, 0) is 30.3 Å². The van der Waals surface area contributed by atoms with E-state index in [0.29, 0.717) is 23.3 Å². The molecular formula is C43H26N6S. The van der Waals surface area contributed by atoms with Crippen LogP contribution in [0.2, 0.25) is 0 Å². The molecule has 0 saturated carbocycles. The molecule has 0 amide bonds. The fourth-order valence-corrected chi connectivity index (χ4v) is 7.83. The van der Waals surface area contributed by atoms with E-state index in [0.717, 1.165) is 59.4 Å². The Balaban J connectivity index is 1.24. The topological polar surface area (TPSA) is 69.4 Å². The third-order valence-corrected chi connectivity index (χ3v) is 10.2. The predicted molar refractivity (Wildman–Crippen MR) is 204 cm³/mol. The lowest BCUT2D eigenvalue weighted by atomic mass is 10.1. The van der Waals surface area contributed by atoms with Gasteiger partial charge in [-0.15, -0.1) is 11.3 Å². The molecule has 0 aliphatic heterocycles. The largest absolute Gasteiger partial charge is 0.292 e. The van der Waals surface area contributed by atoms with Crippen LogP contribution in [0.1, 0.15) is 0 Å². The smallest absolute Gasteiger partial charge is 0.164 e. The van der Waals surface area contributed by atoms with Gasteiger partial charge in [-0.1, -0.05) is 127 Å². The molecule has 6 aromatic carbocycles. The van der Waals surface area contributed by atoms with Crippen molar-refractivity contribution in [3.63, 3.8) is 0 Å². The minimum Gasteiger partial charge on any atom is -0.292 e. The number of nitrogens with zero attached hydrogens (tertiary/aromatic N) is 6. The quantitative estimate of drug-likeness (QED) is 0.184. The summed E-state index contributed by atoms with van der Waals surface area (Å²) in [5, 5.41) is 3.42. The summed E-state index contributed by atoms with van der Waals surface area (Å²) in [5.41, 5.74) is 6.85. The van der Waals surface area contributed by atoms with Crippen molar-refractivity contribution < 1.29 is 0 Å². The molecule has 10 aromatic rings. The zero-order valence-electron chi connectivity index (χ0n) is 26.6. The summed E-state index contributed by atoms with van der Waals surface area (Å²) in [5.74, 6) is 3.42. The minimum absolute atomic E-state index is 0.610. The molecule has 0 N–H and O–H groups in total. The summed E-state index contributed by atoms with van der Waals surface area (Å²) >= 11 is 1.71. The second-order valence-corrected chi connectivity index (χ2v) is 13.2. The summed E-state index contributed by atoms with van der Waals surface area (Å²) in [4.78, 5) is 25.5. The molecule has 0 saturated heterocycles. The fourth-order valence-electron chi connectivity index (χ4n) is 6.72. The number of rotatable bonds is 5. The van der Waals surface area contributed by atoms with Crippen LogP contribution in [0.3, 0.4) is 0 Å². The average molecular weight is 659 g/mol.